The molecule has 2 rings (SSSR count). The number of fused-ring (bicyclic) bond motifs is 1. The second kappa shape index (κ2) is 6.63. The third-order valence-corrected chi connectivity index (χ3v) is 2.69. The van der Waals surface area contributed by atoms with Gasteiger partial charge in [-0.15, -0.1) is 24.0 Å². The van der Waals surface area contributed by atoms with Crippen LogP contribution in [0.1, 0.15) is 18.2 Å². The van der Waals surface area contributed by atoms with Gasteiger partial charge in [0.25, 0.3) is 0 Å². The summed E-state index contributed by atoms with van der Waals surface area (Å²) in [4.78, 5) is 4.23. The Kier molecular flexibility index (Phi) is 5.46. The van der Waals surface area contributed by atoms with Crippen LogP contribution in [-0.2, 0) is 6.54 Å². The van der Waals surface area contributed by atoms with Crippen molar-refractivity contribution in [3.05, 3.63) is 35.6 Å². The molecule has 98 valence electrons. The summed E-state index contributed by atoms with van der Waals surface area (Å²) in [6.07, 6.45) is 0. The van der Waals surface area contributed by atoms with Gasteiger partial charge in [0.15, 0.2) is 5.96 Å². The highest BCUT2D eigenvalue weighted by Gasteiger charge is 2.08. The number of guanidine groups is 1. The molecule has 1 heterocycles. The molecule has 0 saturated heterocycles. The molecule has 0 aliphatic heterocycles. The monoisotopic (exact) mass is 359 g/mol. The predicted octanol–water partition coefficient (Wildman–Crippen LogP) is 2.78. The average molecular weight is 359 g/mol. The summed E-state index contributed by atoms with van der Waals surface area (Å²) in [7, 11) is 0. The molecular weight excluding hydrogens is 341 g/mol. The SMILES string of the molecule is CCNC(N)=NCc1oc2ccccc2c1C.I. The van der Waals surface area contributed by atoms with Crippen LogP contribution in [0.5, 0.6) is 0 Å². The van der Waals surface area contributed by atoms with Gasteiger partial charge in [0, 0.05) is 17.5 Å². The Morgan fingerprint density at radius 1 is 1.39 bits per heavy atom. The summed E-state index contributed by atoms with van der Waals surface area (Å²) < 4.78 is 5.74. The van der Waals surface area contributed by atoms with E-state index in [1.807, 2.05) is 32.0 Å². The Labute approximate surface area is 124 Å². The number of aryl methyl sites for hydroxylation is 1. The van der Waals surface area contributed by atoms with Gasteiger partial charge < -0.3 is 15.5 Å². The smallest absolute Gasteiger partial charge is 0.189 e. The Morgan fingerprint density at radius 3 is 2.78 bits per heavy atom. The summed E-state index contributed by atoms with van der Waals surface area (Å²) in [6.45, 7) is 5.27. The van der Waals surface area contributed by atoms with Gasteiger partial charge in [0.1, 0.15) is 17.9 Å². The first-order valence-electron chi connectivity index (χ1n) is 5.73. The van der Waals surface area contributed by atoms with Crippen molar-refractivity contribution in [1.82, 2.24) is 5.32 Å². The largest absolute Gasteiger partial charge is 0.459 e. The van der Waals surface area contributed by atoms with Gasteiger partial charge in [-0.25, -0.2) is 4.99 Å². The van der Waals surface area contributed by atoms with Crippen LogP contribution in [0.2, 0.25) is 0 Å². The number of nitrogens with one attached hydrogen (secondary N) is 1. The number of nitrogens with zero attached hydrogens (tertiary/aromatic N) is 1. The van der Waals surface area contributed by atoms with E-state index in [2.05, 4.69) is 16.4 Å². The Hall–Kier alpha value is -1.24. The van der Waals surface area contributed by atoms with E-state index in [1.165, 1.54) is 0 Å². The van der Waals surface area contributed by atoms with Crippen molar-refractivity contribution in [3.8, 4) is 0 Å². The fraction of sp³-hybridized carbons (Fsp3) is 0.308. The minimum atomic E-state index is 0. The average Bonchev–Trinajstić information content (AvgIpc) is 2.65. The van der Waals surface area contributed by atoms with E-state index in [-0.39, 0.29) is 24.0 Å². The van der Waals surface area contributed by atoms with Crippen LogP contribution in [0.4, 0.5) is 0 Å². The number of rotatable bonds is 3. The minimum absolute atomic E-state index is 0. The quantitative estimate of drug-likeness (QED) is 0.503. The Bertz CT molecular complexity index is 548. The third-order valence-electron chi connectivity index (χ3n) is 2.69. The van der Waals surface area contributed by atoms with Crippen LogP contribution < -0.4 is 11.1 Å². The fourth-order valence-electron chi connectivity index (χ4n) is 1.77. The molecule has 2 aromatic rings. The molecule has 0 fully saturated rings. The maximum atomic E-state index is 5.74. The van der Waals surface area contributed by atoms with Gasteiger partial charge in [0.05, 0.1) is 0 Å². The van der Waals surface area contributed by atoms with Crippen LogP contribution in [-0.4, -0.2) is 12.5 Å². The Balaban J connectivity index is 0.00000162. The van der Waals surface area contributed by atoms with E-state index in [0.29, 0.717) is 12.5 Å². The molecule has 1 aromatic heterocycles. The zero-order chi connectivity index (χ0) is 12.3. The second-order valence-corrected chi connectivity index (χ2v) is 3.88. The van der Waals surface area contributed by atoms with E-state index < -0.39 is 0 Å². The van der Waals surface area contributed by atoms with E-state index in [1.54, 1.807) is 0 Å². The normalized spacial score (nSPS) is 11.3. The summed E-state index contributed by atoms with van der Waals surface area (Å²) in [5, 5.41) is 4.09. The van der Waals surface area contributed by atoms with Gasteiger partial charge in [-0.1, -0.05) is 18.2 Å². The molecule has 0 unspecified atom stereocenters. The maximum Gasteiger partial charge on any atom is 0.189 e. The molecule has 0 aliphatic carbocycles. The highest BCUT2D eigenvalue weighted by atomic mass is 127. The van der Waals surface area contributed by atoms with Crippen LogP contribution in [0, 0.1) is 6.92 Å². The fourth-order valence-corrected chi connectivity index (χ4v) is 1.77. The Morgan fingerprint density at radius 2 is 2.11 bits per heavy atom. The number of furan rings is 1. The van der Waals surface area contributed by atoms with Crippen molar-refractivity contribution in [3.63, 3.8) is 0 Å². The van der Waals surface area contributed by atoms with Crippen molar-refractivity contribution in [2.45, 2.75) is 20.4 Å². The van der Waals surface area contributed by atoms with Crippen LogP contribution in [0.15, 0.2) is 33.7 Å². The molecule has 0 amide bonds. The van der Waals surface area contributed by atoms with Gasteiger partial charge >= 0.3 is 0 Å². The van der Waals surface area contributed by atoms with Gasteiger partial charge in [0.2, 0.25) is 0 Å². The lowest BCUT2D eigenvalue weighted by atomic mass is 10.1. The zero-order valence-corrected chi connectivity index (χ0v) is 12.9. The number of nitrogens with two attached hydrogens (primary N) is 1. The molecule has 18 heavy (non-hydrogen) atoms. The second-order valence-electron chi connectivity index (χ2n) is 3.88. The van der Waals surface area contributed by atoms with Crippen molar-refractivity contribution in [1.29, 1.82) is 0 Å². The minimum Gasteiger partial charge on any atom is -0.459 e. The van der Waals surface area contributed by atoms with Crippen LogP contribution in [0.3, 0.4) is 0 Å². The molecule has 4 nitrogen and oxygen atoms in total. The van der Waals surface area contributed by atoms with Crippen molar-refractivity contribution in [2.75, 3.05) is 6.54 Å². The van der Waals surface area contributed by atoms with Crippen molar-refractivity contribution < 1.29 is 4.42 Å². The van der Waals surface area contributed by atoms with E-state index in [0.717, 1.165) is 28.8 Å². The summed E-state index contributed by atoms with van der Waals surface area (Å²) in [5.74, 6) is 1.32. The lowest BCUT2D eigenvalue weighted by Gasteiger charge is -2.00. The molecule has 5 heteroatoms. The first kappa shape index (κ1) is 14.8. The van der Waals surface area contributed by atoms with Crippen molar-refractivity contribution >= 4 is 40.9 Å². The molecule has 0 bridgehead atoms. The van der Waals surface area contributed by atoms with Crippen molar-refractivity contribution in [2.24, 2.45) is 10.7 Å². The molecule has 1 aromatic carbocycles. The highest BCUT2D eigenvalue weighted by molar-refractivity contribution is 14.0. The molecule has 3 N–H and O–H groups in total. The van der Waals surface area contributed by atoms with Crippen LogP contribution in [0.25, 0.3) is 11.0 Å². The molecular formula is C13H18IN3O. The number of hydrogen-bond acceptors (Lipinski definition) is 2. The summed E-state index contributed by atoms with van der Waals surface area (Å²) in [6, 6.07) is 7.98. The van der Waals surface area contributed by atoms with E-state index in [4.69, 9.17) is 10.2 Å². The standard InChI is InChI=1S/C13H17N3O.HI/c1-3-15-13(14)16-8-12-9(2)10-6-4-5-7-11(10)17-12;/h4-7H,3,8H2,1-2H3,(H3,14,15,16);1H. The number of benzene rings is 1. The lowest BCUT2D eigenvalue weighted by molar-refractivity contribution is 0.548. The summed E-state index contributed by atoms with van der Waals surface area (Å²) in [5.41, 5.74) is 7.71. The van der Waals surface area contributed by atoms with Crippen LogP contribution >= 0.6 is 24.0 Å². The first-order valence-corrected chi connectivity index (χ1v) is 5.73. The highest BCUT2D eigenvalue weighted by Crippen LogP contribution is 2.25. The number of hydrogen-bond donors (Lipinski definition) is 2. The maximum absolute atomic E-state index is 5.74. The molecule has 0 aliphatic rings. The number of para-hydroxylation sites is 1. The molecule has 0 spiro atoms. The summed E-state index contributed by atoms with van der Waals surface area (Å²) >= 11 is 0. The number of halogens is 1. The first-order chi connectivity index (χ1) is 8.22. The molecule has 0 atom stereocenters. The van der Waals surface area contributed by atoms with Gasteiger partial charge in [-0.3, -0.25) is 0 Å². The van der Waals surface area contributed by atoms with Gasteiger partial charge in [-0.2, -0.15) is 0 Å². The zero-order valence-electron chi connectivity index (χ0n) is 10.6. The predicted molar refractivity (Wildman–Crippen MR) is 85.4 cm³/mol. The van der Waals surface area contributed by atoms with E-state index in [9.17, 15) is 0 Å². The van der Waals surface area contributed by atoms with E-state index >= 15 is 0 Å². The topological polar surface area (TPSA) is 63.5 Å². The van der Waals surface area contributed by atoms with Gasteiger partial charge in [-0.05, 0) is 19.9 Å². The lowest BCUT2D eigenvalue weighted by Crippen LogP contribution is -2.31. The molecule has 0 saturated carbocycles. The number of aliphatic imine (C=N–C) groups is 1. The third kappa shape index (κ3) is 3.16. The molecule has 0 radical (unpaired) electrons.